The maximum Gasteiger partial charge on any atom is 0.375 e. The summed E-state index contributed by atoms with van der Waals surface area (Å²) in [6.45, 7) is 2.07. The first-order valence-electron chi connectivity index (χ1n) is 10.3. The fraction of sp³-hybridized carbons (Fsp3) is 0.154. The van der Waals surface area contributed by atoms with Gasteiger partial charge in [0.2, 0.25) is 11.2 Å². The van der Waals surface area contributed by atoms with Gasteiger partial charge in [0, 0.05) is 16.7 Å². The molecule has 7 heteroatoms. The van der Waals surface area contributed by atoms with Crippen molar-refractivity contribution >= 4 is 28.5 Å². The summed E-state index contributed by atoms with van der Waals surface area (Å²) in [6.07, 6.45) is 0. The minimum atomic E-state index is -0.718. The molecule has 6 nitrogen and oxygen atoms in total. The number of esters is 1. The smallest absolute Gasteiger partial charge is 0.375 e. The molecule has 0 saturated heterocycles. The minimum Gasteiger partial charge on any atom is -0.497 e. The van der Waals surface area contributed by atoms with E-state index in [0.29, 0.717) is 27.5 Å². The van der Waals surface area contributed by atoms with Crippen LogP contribution in [0.15, 0.2) is 75.9 Å². The molecule has 0 N–H and O–H groups in total. The van der Waals surface area contributed by atoms with Gasteiger partial charge in [-0.2, -0.15) is 0 Å². The average molecular weight is 465 g/mol. The highest BCUT2D eigenvalue weighted by molar-refractivity contribution is 6.31. The summed E-state index contributed by atoms with van der Waals surface area (Å²) in [6, 6.07) is 19.0. The van der Waals surface area contributed by atoms with Gasteiger partial charge in [-0.15, -0.1) is 0 Å². The molecule has 1 heterocycles. The van der Waals surface area contributed by atoms with E-state index < -0.39 is 5.97 Å². The Hall–Kier alpha value is -3.77. The van der Waals surface area contributed by atoms with Crippen LogP contribution in [0.4, 0.5) is 0 Å². The van der Waals surface area contributed by atoms with Gasteiger partial charge in [-0.05, 0) is 42.8 Å². The van der Waals surface area contributed by atoms with Gasteiger partial charge in [-0.1, -0.05) is 41.9 Å². The summed E-state index contributed by atoms with van der Waals surface area (Å²) in [4.78, 5) is 26.1. The first-order chi connectivity index (χ1) is 16.0. The first kappa shape index (κ1) is 22.4. The third-order valence-corrected chi connectivity index (χ3v) is 5.42. The SMILES string of the molecule is CCOC(=O)c1oc2cc(OCc3ccccc3Cl)ccc2c(=O)c1-c1ccc(OC)cc1. The molecule has 0 radical (unpaired) electrons. The van der Waals surface area contributed by atoms with Crippen LogP contribution < -0.4 is 14.9 Å². The Morgan fingerprint density at radius 3 is 2.42 bits per heavy atom. The maximum absolute atomic E-state index is 13.4. The van der Waals surface area contributed by atoms with Crippen molar-refractivity contribution in [2.45, 2.75) is 13.5 Å². The van der Waals surface area contributed by atoms with Crippen molar-refractivity contribution in [3.05, 3.63) is 93.3 Å². The van der Waals surface area contributed by atoms with E-state index in [1.807, 2.05) is 18.2 Å². The van der Waals surface area contributed by atoms with Crippen LogP contribution in [-0.4, -0.2) is 19.7 Å². The zero-order chi connectivity index (χ0) is 23.4. The Labute approximate surface area is 195 Å². The molecule has 0 aliphatic carbocycles. The summed E-state index contributed by atoms with van der Waals surface area (Å²) in [5, 5.41) is 0.914. The Balaban J connectivity index is 1.78. The Kier molecular flexibility index (Phi) is 6.66. The van der Waals surface area contributed by atoms with Crippen molar-refractivity contribution in [2.24, 2.45) is 0 Å². The number of carbonyl (C=O) groups is 1. The number of hydrogen-bond donors (Lipinski definition) is 0. The van der Waals surface area contributed by atoms with Crippen LogP contribution in [0.2, 0.25) is 5.02 Å². The molecule has 0 amide bonds. The van der Waals surface area contributed by atoms with Crippen LogP contribution in [0.5, 0.6) is 11.5 Å². The molecule has 168 valence electrons. The van der Waals surface area contributed by atoms with Crippen LogP contribution >= 0.6 is 11.6 Å². The fourth-order valence-electron chi connectivity index (χ4n) is 3.40. The zero-order valence-electron chi connectivity index (χ0n) is 18.1. The van der Waals surface area contributed by atoms with Crippen molar-refractivity contribution in [2.75, 3.05) is 13.7 Å². The standard InChI is InChI=1S/C26H21ClO6/c1-3-31-26(29)25-23(16-8-10-18(30-2)11-9-16)24(28)20-13-12-19(14-22(20)33-25)32-15-17-6-4-5-7-21(17)27/h4-14H,3,15H2,1-2H3. The number of carbonyl (C=O) groups excluding carboxylic acids is 1. The van der Waals surface area contributed by atoms with E-state index in [1.54, 1.807) is 62.6 Å². The van der Waals surface area contributed by atoms with Crippen molar-refractivity contribution < 1.29 is 23.4 Å². The molecule has 0 spiro atoms. The van der Waals surface area contributed by atoms with Crippen LogP contribution in [0.25, 0.3) is 22.1 Å². The number of rotatable bonds is 7. The third kappa shape index (κ3) is 4.71. The summed E-state index contributed by atoms with van der Waals surface area (Å²) in [5.74, 6) is 0.215. The van der Waals surface area contributed by atoms with E-state index in [0.717, 1.165) is 5.56 Å². The first-order valence-corrected chi connectivity index (χ1v) is 10.7. The Morgan fingerprint density at radius 1 is 1.00 bits per heavy atom. The number of fused-ring (bicyclic) bond motifs is 1. The van der Waals surface area contributed by atoms with Crippen molar-refractivity contribution in [1.29, 1.82) is 0 Å². The number of methoxy groups -OCH3 is 1. The summed E-state index contributed by atoms with van der Waals surface area (Å²) >= 11 is 6.19. The number of ether oxygens (including phenoxy) is 3. The van der Waals surface area contributed by atoms with E-state index in [1.165, 1.54) is 0 Å². The molecule has 4 rings (SSSR count). The Bertz CT molecular complexity index is 1360. The van der Waals surface area contributed by atoms with Crippen molar-refractivity contribution in [3.8, 4) is 22.6 Å². The Morgan fingerprint density at radius 2 is 1.73 bits per heavy atom. The number of halogens is 1. The van der Waals surface area contributed by atoms with Gasteiger partial charge in [0.05, 0.1) is 24.7 Å². The largest absolute Gasteiger partial charge is 0.497 e. The summed E-state index contributed by atoms with van der Waals surface area (Å²) in [7, 11) is 1.55. The van der Waals surface area contributed by atoms with Gasteiger partial charge in [0.25, 0.3) is 0 Å². The predicted octanol–water partition coefficient (Wildman–Crippen LogP) is 5.88. The molecule has 4 aromatic rings. The van der Waals surface area contributed by atoms with E-state index >= 15 is 0 Å². The maximum atomic E-state index is 13.4. The van der Waals surface area contributed by atoms with E-state index in [4.69, 9.17) is 30.2 Å². The highest BCUT2D eigenvalue weighted by Crippen LogP contribution is 2.29. The second-order valence-corrected chi connectivity index (χ2v) is 7.53. The molecule has 0 fully saturated rings. The molecule has 3 aromatic carbocycles. The lowest BCUT2D eigenvalue weighted by atomic mass is 10.0. The van der Waals surface area contributed by atoms with Gasteiger partial charge < -0.3 is 18.6 Å². The summed E-state index contributed by atoms with van der Waals surface area (Å²) in [5.41, 5.74) is 1.35. The molecular weight excluding hydrogens is 444 g/mol. The molecule has 33 heavy (non-hydrogen) atoms. The molecule has 0 aliphatic rings. The quantitative estimate of drug-likeness (QED) is 0.318. The van der Waals surface area contributed by atoms with E-state index in [9.17, 15) is 9.59 Å². The lowest BCUT2D eigenvalue weighted by Crippen LogP contribution is -2.15. The number of hydrogen-bond acceptors (Lipinski definition) is 6. The lowest BCUT2D eigenvalue weighted by molar-refractivity contribution is 0.0492. The highest BCUT2D eigenvalue weighted by atomic mass is 35.5. The molecule has 0 aliphatic heterocycles. The van der Waals surface area contributed by atoms with Gasteiger partial charge in [-0.25, -0.2) is 4.79 Å². The number of benzene rings is 3. The van der Waals surface area contributed by atoms with E-state index in [2.05, 4.69) is 0 Å². The van der Waals surface area contributed by atoms with Gasteiger partial charge in [0.1, 0.15) is 23.7 Å². The second-order valence-electron chi connectivity index (χ2n) is 7.12. The molecule has 0 bridgehead atoms. The topological polar surface area (TPSA) is 75.0 Å². The summed E-state index contributed by atoms with van der Waals surface area (Å²) < 4.78 is 22.1. The van der Waals surface area contributed by atoms with Crippen molar-refractivity contribution in [1.82, 2.24) is 0 Å². The highest BCUT2D eigenvalue weighted by Gasteiger charge is 2.23. The minimum absolute atomic E-state index is 0.133. The molecular formula is C26H21ClO6. The van der Waals surface area contributed by atoms with Crippen LogP contribution in [0, 0.1) is 0 Å². The lowest BCUT2D eigenvalue weighted by Gasteiger charge is -2.12. The van der Waals surface area contributed by atoms with Gasteiger partial charge >= 0.3 is 5.97 Å². The van der Waals surface area contributed by atoms with Gasteiger partial charge in [0.15, 0.2) is 0 Å². The molecule has 0 atom stereocenters. The molecule has 0 unspecified atom stereocenters. The van der Waals surface area contributed by atoms with Crippen molar-refractivity contribution in [3.63, 3.8) is 0 Å². The van der Waals surface area contributed by atoms with E-state index in [-0.39, 0.29) is 35.5 Å². The monoisotopic (exact) mass is 464 g/mol. The fourth-order valence-corrected chi connectivity index (χ4v) is 3.59. The second kappa shape index (κ2) is 9.79. The molecule has 0 saturated carbocycles. The average Bonchev–Trinajstić information content (AvgIpc) is 2.83. The normalized spacial score (nSPS) is 10.8. The van der Waals surface area contributed by atoms with Crippen LogP contribution in [-0.2, 0) is 11.3 Å². The molecule has 1 aromatic heterocycles. The third-order valence-electron chi connectivity index (χ3n) is 5.06. The van der Waals surface area contributed by atoms with Crippen LogP contribution in [0.3, 0.4) is 0 Å². The zero-order valence-corrected chi connectivity index (χ0v) is 18.8. The predicted molar refractivity (Wildman–Crippen MR) is 126 cm³/mol. The van der Waals surface area contributed by atoms with Gasteiger partial charge in [-0.3, -0.25) is 4.79 Å². The van der Waals surface area contributed by atoms with Crippen LogP contribution in [0.1, 0.15) is 23.0 Å².